The highest BCUT2D eigenvalue weighted by Gasteiger charge is 2.16. The molecule has 3 aromatic carbocycles. The summed E-state index contributed by atoms with van der Waals surface area (Å²) >= 11 is 0. The SMILES string of the molecule is COc1nc(-c2ccccc2C)n(-c2cccc(NC(=O)c3ccc(F)cc3)c2)n1. The van der Waals surface area contributed by atoms with E-state index in [0.717, 1.165) is 11.1 Å². The molecule has 0 bridgehead atoms. The van der Waals surface area contributed by atoms with Crippen LogP contribution in [0.25, 0.3) is 17.1 Å². The number of halogens is 1. The topological polar surface area (TPSA) is 69.0 Å². The number of benzene rings is 3. The molecule has 1 amide bonds. The van der Waals surface area contributed by atoms with E-state index >= 15 is 0 Å². The van der Waals surface area contributed by atoms with Crippen molar-refractivity contribution in [3.63, 3.8) is 0 Å². The summed E-state index contributed by atoms with van der Waals surface area (Å²) in [4.78, 5) is 17.0. The minimum absolute atomic E-state index is 0.244. The highest BCUT2D eigenvalue weighted by atomic mass is 19.1. The average Bonchev–Trinajstić information content (AvgIpc) is 3.19. The van der Waals surface area contributed by atoms with Gasteiger partial charge in [0.2, 0.25) is 0 Å². The number of nitrogens with one attached hydrogen (secondary N) is 1. The summed E-state index contributed by atoms with van der Waals surface area (Å²) < 4.78 is 20.0. The van der Waals surface area contributed by atoms with Crippen LogP contribution in [0.15, 0.2) is 72.8 Å². The maximum atomic E-state index is 13.1. The summed E-state index contributed by atoms with van der Waals surface area (Å²) in [6.07, 6.45) is 0. The number of carbonyl (C=O) groups is 1. The first-order chi connectivity index (χ1) is 14.5. The average molecular weight is 402 g/mol. The molecule has 7 heteroatoms. The van der Waals surface area contributed by atoms with Gasteiger partial charge in [-0.3, -0.25) is 4.79 Å². The predicted molar refractivity (Wildman–Crippen MR) is 112 cm³/mol. The summed E-state index contributed by atoms with van der Waals surface area (Å²) in [6, 6.07) is 20.7. The van der Waals surface area contributed by atoms with Crippen LogP contribution in [0.5, 0.6) is 6.01 Å². The number of aryl methyl sites for hydroxylation is 1. The summed E-state index contributed by atoms with van der Waals surface area (Å²) in [5, 5.41) is 7.26. The highest BCUT2D eigenvalue weighted by molar-refractivity contribution is 6.04. The lowest BCUT2D eigenvalue weighted by atomic mass is 10.1. The van der Waals surface area contributed by atoms with Crippen molar-refractivity contribution in [3.05, 3.63) is 89.7 Å². The molecule has 0 aliphatic heterocycles. The smallest absolute Gasteiger partial charge is 0.336 e. The van der Waals surface area contributed by atoms with Crippen molar-refractivity contribution >= 4 is 11.6 Å². The van der Waals surface area contributed by atoms with Crippen molar-refractivity contribution < 1.29 is 13.9 Å². The molecule has 0 fully saturated rings. The molecule has 1 heterocycles. The summed E-state index contributed by atoms with van der Waals surface area (Å²) in [5.41, 5.74) is 3.63. The normalized spacial score (nSPS) is 10.6. The Hall–Kier alpha value is -4.00. The molecule has 0 spiro atoms. The molecule has 0 saturated heterocycles. The second-order valence-electron chi connectivity index (χ2n) is 6.66. The minimum Gasteiger partial charge on any atom is -0.466 e. The van der Waals surface area contributed by atoms with Gasteiger partial charge in [-0.15, -0.1) is 5.10 Å². The number of nitrogens with zero attached hydrogens (tertiary/aromatic N) is 3. The maximum Gasteiger partial charge on any atom is 0.336 e. The number of amides is 1. The molecule has 4 aromatic rings. The molecule has 0 aliphatic carbocycles. The maximum absolute atomic E-state index is 13.1. The van der Waals surface area contributed by atoms with E-state index in [-0.39, 0.29) is 11.9 Å². The van der Waals surface area contributed by atoms with Gasteiger partial charge in [0.05, 0.1) is 12.8 Å². The molecule has 0 radical (unpaired) electrons. The molecule has 4 rings (SSSR count). The van der Waals surface area contributed by atoms with E-state index in [1.165, 1.54) is 31.4 Å². The molecule has 0 aliphatic rings. The fourth-order valence-electron chi connectivity index (χ4n) is 3.08. The minimum atomic E-state index is -0.391. The van der Waals surface area contributed by atoms with Gasteiger partial charge in [0.1, 0.15) is 5.82 Å². The zero-order chi connectivity index (χ0) is 21.1. The molecule has 0 unspecified atom stereocenters. The van der Waals surface area contributed by atoms with Crippen LogP contribution in [-0.4, -0.2) is 27.8 Å². The van der Waals surface area contributed by atoms with Crippen molar-refractivity contribution in [1.82, 2.24) is 14.8 Å². The third-order valence-corrected chi connectivity index (χ3v) is 4.61. The Morgan fingerprint density at radius 2 is 1.80 bits per heavy atom. The predicted octanol–water partition coefficient (Wildman–Crippen LogP) is 4.64. The standard InChI is InChI=1S/C23H19FN4O2/c1-15-6-3-4-9-20(15)21-26-23(30-2)27-28(21)19-8-5-7-18(14-19)25-22(29)16-10-12-17(24)13-11-16/h3-14H,1-2H3,(H,25,29). The van der Waals surface area contributed by atoms with Gasteiger partial charge < -0.3 is 10.1 Å². The summed E-state index contributed by atoms with van der Waals surface area (Å²) in [6.45, 7) is 2.00. The van der Waals surface area contributed by atoms with Crippen LogP contribution in [0.3, 0.4) is 0 Å². The Morgan fingerprint density at radius 3 is 2.53 bits per heavy atom. The number of methoxy groups -OCH3 is 1. The molecule has 6 nitrogen and oxygen atoms in total. The lowest BCUT2D eigenvalue weighted by Gasteiger charge is -2.10. The van der Waals surface area contributed by atoms with E-state index in [1.807, 2.05) is 43.3 Å². The lowest BCUT2D eigenvalue weighted by molar-refractivity contribution is 0.102. The molecule has 0 saturated carbocycles. The lowest BCUT2D eigenvalue weighted by Crippen LogP contribution is -2.12. The third-order valence-electron chi connectivity index (χ3n) is 4.61. The van der Waals surface area contributed by atoms with Crippen molar-refractivity contribution in [2.75, 3.05) is 12.4 Å². The highest BCUT2D eigenvalue weighted by Crippen LogP contribution is 2.27. The number of rotatable bonds is 5. The van der Waals surface area contributed by atoms with E-state index in [1.54, 1.807) is 16.8 Å². The van der Waals surface area contributed by atoms with Crippen LogP contribution in [0.2, 0.25) is 0 Å². The first-order valence-electron chi connectivity index (χ1n) is 9.29. The largest absolute Gasteiger partial charge is 0.466 e. The van der Waals surface area contributed by atoms with Gasteiger partial charge in [-0.1, -0.05) is 30.3 Å². The molecule has 0 atom stereocenters. The van der Waals surface area contributed by atoms with Crippen LogP contribution in [-0.2, 0) is 0 Å². The number of carbonyl (C=O) groups excluding carboxylic acids is 1. The first-order valence-corrected chi connectivity index (χ1v) is 9.29. The first kappa shape index (κ1) is 19.3. The van der Waals surface area contributed by atoms with Gasteiger partial charge in [-0.05, 0) is 55.0 Å². The summed E-state index contributed by atoms with van der Waals surface area (Å²) in [5.74, 6) is -0.0909. The Morgan fingerprint density at radius 1 is 1.03 bits per heavy atom. The van der Waals surface area contributed by atoms with Crippen molar-refractivity contribution in [2.24, 2.45) is 0 Å². The van der Waals surface area contributed by atoms with Crippen LogP contribution >= 0.6 is 0 Å². The molecule has 150 valence electrons. The number of anilines is 1. The molecule has 30 heavy (non-hydrogen) atoms. The number of hydrogen-bond donors (Lipinski definition) is 1. The second-order valence-corrected chi connectivity index (χ2v) is 6.66. The molecule has 1 N–H and O–H groups in total. The quantitative estimate of drug-likeness (QED) is 0.528. The molecule has 1 aromatic heterocycles. The van der Waals surface area contributed by atoms with Crippen molar-refractivity contribution in [2.45, 2.75) is 6.92 Å². The van der Waals surface area contributed by atoms with Crippen LogP contribution in [0, 0.1) is 12.7 Å². The number of ether oxygens (including phenoxy) is 1. The molecular weight excluding hydrogens is 383 g/mol. The Bertz CT molecular complexity index is 1200. The summed E-state index contributed by atoms with van der Waals surface area (Å²) in [7, 11) is 1.51. The Kier molecular flexibility index (Phi) is 5.26. The van der Waals surface area contributed by atoms with Crippen LogP contribution in [0.4, 0.5) is 10.1 Å². The van der Waals surface area contributed by atoms with Gasteiger partial charge in [0.25, 0.3) is 5.91 Å². The van der Waals surface area contributed by atoms with Gasteiger partial charge in [0.15, 0.2) is 5.82 Å². The fourth-order valence-corrected chi connectivity index (χ4v) is 3.08. The van der Waals surface area contributed by atoms with Gasteiger partial charge in [-0.25, -0.2) is 9.07 Å². The van der Waals surface area contributed by atoms with E-state index < -0.39 is 5.82 Å². The Labute approximate surface area is 173 Å². The van der Waals surface area contributed by atoms with E-state index in [4.69, 9.17) is 4.74 Å². The second kappa shape index (κ2) is 8.16. The van der Waals surface area contributed by atoms with Crippen molar-refractivity contribution in [1.29, 1.82) is 0 Å². The fraction of sp³-hybridized carbons (Fsp3) is 0.0870. The van der Waals surface area contributed by atoms with E-state index in [9.17, 15) is 9.18 Å². The zero-order valence-corrected chi connectivity index (χ0v) is 16.5. The number of aromatic nitrogens is 3. The zero-order valence-electron chi connectivity index (χ0n) is 16.5. The van der Waals surface area contributed by atoms with Crippen LogP contribution < -0.4 is 10.1 Å². The Balaban J connectivity index is 1.69. The van der Waals surface area contributed by atoms with E-state index in [0.29, 0.717) is 22.8 Å². The van der Waals surface area contributed by atoms with Crippen molar-refractivity contribution in [3.8, 4) is 23.1 Å². The van der Waals surface area contributed by atoms with Gasteiger partial charge in [0, 0.05) is 16.8 Å². The van der Waals surface area contributed by atoms with Crippen LogP contribution in [0.1, 0.15) is 15.9 Å². The van der Waals surface area contributed by atoms with Gasteiger partial charge >= 0.3 is 6.01 Å². The monoisotopic (exact) mass is 402 g/mol. The number of hydrogen-bond acceptors (Lipinski definition) is 4. The third kappa shape index (κ3) is 3.91. The molecular formula is C23H19FN4O2. The van der Waals surface area contributed by atoms with E-state index in [2.05, 4.69) is 15.4 Å². The van der Waals surface area contributed by atoms with Gasteiger partial charge in [-0.2, -0.15) is 4.98 Å².